The molecule has 3 aliphatic rings. The number of ketones is 1. The maximum absolute atomic E-state index is 12.6. The highest BCUT2D eigenvalue weighted by atomic mass is 35.5. The van der Waals surface area contributed by atoms with E-state index in [2.05, 4.69) is 0 Å². The summed E-state index contributed by atoms with van der Waals surface area (Å²) in [6, 6.07) is 0. The van der Waals surface area contributed by atoms with Gasteiger partial charge >= 0.3 is 0 Å². The molecule has 3 unspecified atom stereocenters. The van der Waals surface area contributed by atoms with Gasteiger partial charge in [-0.15, -0.1) is 23.2 Å². The number of hydrogen-bond acceptors (Lipinski definition) is 1. The van der Waals surface area contributed by atoms with Gasteiger partial charge in [0.2, 0.25) is 0 Å². The molecule has 0 aromatic heterocycles. The van der Waals surface area contributed by atoms with Crippen LogP contribution in [0.2, 0.25) is 0 Å². The van der Waals surface area contributed by atoms with Gasteiger partial charge in [0.05, 0.1) is 18.5 Å². The van der Waals surface area contributed by atoms with Gasteiger partial charge in [0.25, 0.3) is 0 Å². The molecule has 2 nitrogen and oxygen atoms in total. The van der Waals surface area contributed by atoms with Gasteiger partial charge in [-0.1, -0.05) is 32.1 Å². The molecule has 1 saturated heterocycles. The Morgan fingerprint density at radius 3 is 2.17 bits per heavy atom. The van der Waals surface area contributed by atoms with Gasteiger partial charge in [0.1, 0.15) is 6.54 Å². The first kappa shape index (κ1) is 19.0. The predicted octanol–water partition coefficient (Wildman–Crippen LogP) is 3.84. The number of nitrogens with one attached hydrogen (secondary N) is 1. The van der Waals surface area contributed by atoms with Crippen LogP contribution < -0.4 is 4.90 Å². The fourth-order valence-corrected chi connectivity index (χ4v) is 5.72. The van der Waals surface area contributed by atoms with Crippen molar-refractivity contribution >= 4 is 29.0 Å². The van der Waals surface area contributed by atoms with E-state index in [1.165, 1.54) is 69.4 Å². The lowest BCUT2D eigenvalue weighted by Gasteiger charge is -2.33. The summed E-state index contributed by atoms with van der Waals surface area (Å²) in [6.45, 7) is 3.11. The summed E-state index contributed by atoms with van der Waals surface area (Å²) >= 11 is 12.4. The number of piperidine rings is 1. The predicted molar refractivity (Wildman–Crippen MR) is 101 cm³/mol. The van der Waals surface area contributed by atoms with E-state index in [9.17, 15) is 4.79 Å². The Labute approximate surface area is 157 Å². The number of carbonyl (C=O) groups is 1. The minimum absolute atomic E-state index is 0.0226. The summed E-state index contributed by atoms with van der Waals surface area (Å²) in [4.78, 5) is 14.1. The zero-order valence-electron chi connectivity index (χ0n) is 15.0. The number of carbonyl (C=O) groups excluding carboxylic acids is 1. The molecule has 0 radical (unpaired) electrons. The van der Waals surface area contributed by atoms with Crippen LogP contribution in [0.5, 0.6) is 0 Å². The topological polar surface area (TPSA) is 21.5 Å². The summed E-state index contributed by atoms with van der Waals surface area (Å²) in [7, 11) is 0. The summed E-state index contributed by atoms with van der Waals surface area (Å²) in [5.74, 6) is 2.52. The molecule has 138 valence electrons. The highest BCUT2D eigenvalue weighted by Gasteiger charge is 2.34. The van der Waals surface area contributed by atoms with Gasteiger partial charge in [0, 0.05) is 11.3 Å². The average molecular weight is 375 g/mol. The van der Waals surface area contributed by atoms with Crippen molar-refractivity contribution in [3.8, 4) is 0 Å². The molecule has 24 heavy (non-hydrogen) atoms. The second-order valence-electron chi connectivity index (χ2n) is 8.62. The summed E-state index contributed by atoms with van der Waals surface area (Å²) in [5, 5.41) is 0.0317. The molecule has 0 spiro atoms. The van der Waals surface area contributed by atoms with Crippen molar-refractivity contribution in [2.24, 2.45) is 17.8 Å². The number of hydrogen-bond donors (Lipinski definition) is 1. The molecule has 0 amide bonds. The first-order valence-electron chi connectivity index (χ1n) is 10.3. The monoisotopic (exact) mass is 374 g/mol. The number of likely N-dealkylation sites (tertiary alicyclic amines) is 1. The van der Waals surface area contributed by atoms with Crippen molar-refractivity contribution < 1.29 is 9.69 Å². The van der Waals surface area contributed by atoms with Crippen LogP contribution >= 0.6 is 23.2 Å². The number of Topliss-reactive ketones (excluding diaryl/α,β-unsaturated/α-hetero) is 1. The van der Waals surface area contributed by atoms with Gasteiger partial charge in [-0.05, 0) is 50.4 Å². The summed E-state index contributed by atoms with van der Waals surface area (Å²) in [5.41, 5.74) is 0. The van der Waals surface area contributed by atoms with Crippen LogP contribution in [0.15, 0.2) is 0 Å². The standard InChI is InChI=1S/C20H33Cl2NO/c21-18-7-6-17(13-19(18)22)20(24)14-23-10-8-16(9-11-23)12-15-4-2-1-3-5-15/h15-19H,1-14H2/p+1. The maximum atomic E-state index is 12.6. The lowest BCUT2D eigenvalue weighted by Crippen LogP contribution is -3.14. The molecule has 4 heteroatoms. The third kappa shape index (κ3) is 5.35. The molecule has 1 N–H and O–H groups in total. The Morgan fingerprint density at radius 1 is 0.833 bits per heavy atom. The van der Waals surface area contributed by atoms with Gasteiger partial charge in [-0.3, -0.25) is 4.79 Å². The van der Waals surface area contributed by atoms with E-state index < -0.39 is 0 Å². The number of rotatable bonds is 5. The maximum Gasteiger partial charge on any atom is 0.189 e. The van der Waals surface area contributed by atoms with Crippen LogP contribution in [0, 0.1) is 17.8 Å². The van der Waals surface area contributed by atoms with Crippen LogP contribution in [-0.4, -0.2) is 36.2 Å². The third-order valence-electron chi connectivity index (χ3n) is 6.78. The van der Waals surface area contributed by atoms with E-state index in [1.54, 1.807) is 0 Å². The lowest BCUT2D eigenvalue weighted by molar-refractivity contribution is -0.898. The fourth-order valence-electron chi connectivity index (χ4n) is 5.15. The Balaban J connectivity index is 1.36. The van der Waals surface area contributed by atoms with Crippen molar-refractivity contribution in [2.45, 2.75) is 81.4 Å². The van der Waals surface area contributed by atoms with Gasteiger partial charge in [-0.2, -0.15) is 0 Å². The first-order valence-corrected chi connectivity index (χ1v) is 11.1. The minimum atomic E-state index is -0.0226. The van der Waals surface area contributed by atoms with Gasteiger partial charge in [-0.25, -0.2) is 0 Å². The number of halogens is 2. The summed E-state index contributed by atoms with van der Waals surface area (Å²) in [6.07, 6.45) is 14.0. The van der Waals surface area contributed by atoms with Crippen LogP contribution in [0.25, 0.3) is 0 Å². The van der Waals surface area contributed by atoms with Crippen LogP contribution in [-0.2, 0) is 4.79 Å². The van der Waals surface area contributed by atoms with Crippen molar-refractivity contribution in [3.05, 3.63) is 0 Å². The fraction of sp³-hybridized carbons (Fsp3) is 0.950. The van der Waals surface area contributed by atoms with Crippen molar-refractivity contribution in [2.75, 3.05) is 19.6 Å². The zero-order chi connectivity index (χ0) is 16.9. The molecule has 3 rings (SSSR count). The Kier molecular flexibility index (Phi) is 7.31. The quantitative estimate of drug-likeness (QED) is 0.725. The van der Waals surface area contributed by atoms with E-state index in [-0.39, 0.29) is 16.7 Å². The number of alkyl halides is 2. The van der Waals surface area contributed by atoms with E-state index in [4.69, 9.17) is 23.2 Å². The van der Waals surface area contributed by atoms with Gasteiger partial charge < -0.3 is 4.90 Å². The van der Waals surface area contributed by atoms with Crippen LogP contribution in [0.3, 0.4) is 0 Å². The van der Waals surface area contributed by atoms with Gasteiger partial charge in [0.15, 0.2) is 5.78 Å². The molecule has 2 aliphatic carbocycles. The number of quaternary nitrogens is 1. The smallest absolute Gasteiger partial charge is 0.189 e. The van der Waals surface area contributed by atoms with Crippen LogP contribution in [0.4, 0.5) is 0 Å². The molecule has 3 atom stereocenters. The molecular formula is C20H34Cl2NO+. The van der Waals surface area contributed by atoms with Crippen molar-refractivity contribution in [3.63, 3.8) is 0 Å². The highest BCUT2D eigenvalue weighted by Crippen LogP contribution is 2.33. The lowest BCUT2D eigenvalue weighted by atomic mass is 9.79. The van der Waals surface area contributed by atoms with E-state index in [0.29, 0.717) is 5.78 Å². The average Bonchev–Trinajstić information content (AvgIpc) is 2.60. The second-order valence-corrected chi connectivity index (χ2v) is 9.74. The Hall–Kier alpha value is 0.210. The molecular weight excluding hydrogens is 341 g/mol. The molecule has 2 saturated carbocycles. The highest BCUT2D eigenvalue weighted by molar-refractivity contribution is 6.30. The molecule has 1 aliphatic heterocycles. The SMILES string of the molecule is O=C(C[NH+]1CCC(CC2CCCCC2)CC1)C1CCC(Cl)C(Cl)C1. The Bertz CT molecular complexity index is 402. The molecule has 1 heterocycles. The second kappa shape index (κ2) is 9.24. The molecule has 3 fully saturated rings. The van der Waals surface area contributed by atoms with Crippen molar-refractivity contribution in [1.82, 2.24) is 0 Å². The zero-order valence-corrected chi connectivity index (χ0v) is 16.5. The van der Waals surface area contributed by atoms with E-state index in [1.807, 2.05) is 0 Å². The summed E-state index contributed by atoms with van der Waals surface area (Å²) < 4.78 is 0. The largest absolute Gasteiger partial charge is 0.329 e. The minimum Gasteiger partial charge on any atom is -0.329 e. The Morgan fingerprint density at radius 2 is 1.50 bits per heavy atom. The van der Waals surface area contributed by atoms with E-state index >= 15 is 0 Å². The molecule has 0 aromatic carbocycles. The first-order chi connectivity index (χ1) is 11.6. The van der Waals surface area contributed by atoms with E-state index in [0.717, 1.165) is 37.6 Å². The molecule has 0 bridgehead atoms. The van der Waals surface area contributed by atoms with Crippen LogP contribution in [0.1, 0.15) is 70.6 Å². The molecule has 0 aromatic rings. The normalized spacial score (nSPS) is 38.8. The third-order valence-corrected chi connectivity index (χ3v) is 7.91. The van der Waals surface area contributed by atoms with Crippen molar-refractivity contribution in [1.29, 1.82) is 0 Å².